The Morgan fingerprint density at radius 2 is 2.00 bits per heavy atom. The molecule has 0 bridgehead atoms. The van der Waals surface area contributed by atoms with Crippen LogP contribution in [0, 0.1) is 5.92 Å². The van der Waals surface area contributed by atoms with E-state index in [2.05, 4.69) is 22.3 Å². The summed E-state index contributed by atoms with van der Waals surface area (Å²) >= 11 is 0. The number of hydrogen-bond donors (Lipinski definition) is 2. The minimum atomic E-state index is -0.513. The Bertz CT molecular complexity index is 484. The molecular weight excluding hydrogens is 280 g/mol. The Morgan fingerprint density at radius 3 is 2.59 bits per heavy atom. The van der Waals surface area contributed by atoms with E-state index >= 15 is 0 Å². The highest BCUT2D eigenvalue weighted by atomic mass is 16.6. The molecule has 5 heteroatoms. The van der Waals surface area contributed by atoms with Gasteiger partial charge in [0.2, 0.25) is 0 Å². The summed E-state index contributed by atoms with van der Waals surface area (Å²) in [6.45, 7) is 7.90. The monoisotopic (exact) mass is 306 g/mol. The predicted octanol–water partition coefficient (Wildman–Crippen LogP) is 2.00. The number of aliphatic hydroxyl groups excluding tert-OH is 1. The van der Waals surface area contributed by atoms with Crippen LogP contribution in [0.5, 0.6) is 0 Å². The van der Waals surface area contributed by atoms with Crippen molar-refractivity contribution in [2.75, 3.05) is 19.7 Å². The Hall–Kier alpha value is -1.59. The van der Waals surface area contributed by atoms with Crippen molar-refractivity contribution >= 4 is 6.09 Å². The average molecular weight is 306 g/mol. The summed E-state index contributed by atoms with van der Waals surface area (Å²) in [6, 6.07) is 10.1. The van der Waals surface area contributed by atoms with E-state index in [1.54, 1.807) is 0 Å². The van der Waals surface area contributed by atoms with Gasteiger partial charge in [0.1, 0.15) is 5.60 Å². The zero-order valence-electron chi connectivity index (χ0n) is 13.6. The fourth-order valence-electron chi connectivity index (χ4n) is 2.74. The summed E-state index contributed by atoms with van der Waals surface area (Å²) in [5.41, 5.74) is 0.721. The van der Waals surface area contributed by atoms with Gasteiger partial charge in [-0.25, -0.2) is 4.79 Å². The lowest BCUT2D eigenvalue weighted by Gasteiger charge is -2.23. The third-order valence-corrected chi connectivity index (χ3v) is 3.70. The second kappa shape index (κ2) is 7.11. The van der Waals surface area contributed by atoms with Gasteiger partial charge in [-0.1, -0.05) is 30.3 Å². The van der Waals surface area contributed by atoms with Gasteiger partial charge in [0, 0.05) is 32.2 Å². The second-order valence-electron chi connectivity index (χ2n) is 6.88. The summed E-state index contributed by atoms with van der Waals surface area (Å²) < 4.78 is 5.30. The third-order valence-electron chi connectivity index (χ3n) is 3.70. The molecular formula is C17H26N2O3. The molecule has 0 radical (unpaired) electrons. The van der Waals surface area contributed by atoms with E-state index < -0.39 is 11.7 Å². The van der Waals surface area contributed by atoms with Crippen molar-refractivity contribution in [2.45, 2.75) is 39.0 Å². The van der Waals surface area contributed by atoms with Crippen molar-refractivity contribution in [1.29, 1.82) is 0 Å². The van der Waals surface area contributed by atoms with Crippen LogP contribution < -0.4 is 5.32 Å². The fraction of sp³-hybridized carbons (Fsp3) is 0.588. The topological polar surface area (TPSA) is 61.8 Å². The molecule has 22 heavy (non-hydrogen) atoms. The van der Waals surface area contributed by atoms with Crippen LogP contribution in [0.3, 0.4) is 0 Å². The number of carbonyl (C=O) groups is 1. The molecule has 5 nitrogen and oxygen atoms in total. The molecule has 0 spiro atoms. The Morgan fingerprint density at radius 1 is 1.32 bits per heavy atom. The lowest BCUT2D eigenvalue weighted by atomic mass is 10.1. The standard InChI is InChI=1S/C17H26N2O3/c1-17(2,3)22-16(21)18-15-11-19(10-14(15)12-20)9-13-7-5-4-6-8-13/h4-8,14-15,20H,9-12H2,1-3H3,(H,18,21)/t14-,15+/m1/s1. The summed E-state index contributed by atoms with van der Waals surface area (Å²) in [4.78, 5) is 14.2. The Balaban J connectivity index is 1.90. The molecule has 1 aromatic rings. The molecule has 0 unspecified atom stereocenters. The average Bonchev–Trinajstić information content (AvgIpc) is 2.79. The van der Waals surface area contributed by atoms with Gasteiger partial charge in [-0.15, -0.1) is 0 Å². The van der Waals surface area contributed by atoms with E-state index in [1.807, 2.05) is 39.0 Å². The number of ether oxygens (including phenoxy) is 1. The molecule has 1 aromatic carbocycles. The number of nitrogens with zero attached hydrogens (tertiary/aromatic N) is 1. The highest BCUT2D eigenvalue weighted by molar-refractivity contribution is 5.68. The van der Waals surface area contributed by atoms with Crippen molar-refractivity contribution in [1.82, 2.24) is 10.2 Å². The zero-order valence-corrected chi connectivity index (χ0v) is 13.6. The molecule has 1 saturated heterocycles. The number of nitrogens with one attached hydrogen (secondary N) is 1. The van der Waals surface area contributed by atoms with Gasteiger partial charge < -0.3 is 15.2 Å². The number of carbonyl (C=O) groups excluding carboxylic acids is 1. The van der Waals surface area contributed by atoms with Crippen LogP contribution in [0.15, 0.2) is 30.3 Å². The maximum absolute atomic E-state index is 11.9. The molecule has 2 rings (SSSR count). The highest BCUT2D eigenvalue weighted by Gasteiger charge is 2.34. The molecule has 2 N–H and O–H groups in total. The predicted molar refractivity (Wildman–Crippen MR) is 85.5 cm³/mol. The minimum Gasteiger partial charge on any atom is -0.444 e. The molecule has 1 aliphatic rings. The SMILES string of the molecule is CC(C)(C)OC(=O)N[C@H]1CN(Cc2ccccc2)C[C@@H]1CO. The number of hydrogen-bond acceptors (Lipinski definition) is 4. The number of likely N-dealkylation sites (tertiary alicyclic amines) is 1. The second-order valence-corrected chi connectivity index (χ2v) is 6.88. The van der Waals surface area contributed by atoms with Crippen molar-refractivity contribution in [3.05, 3.63) is 35.9 Å². The number of rotatable bonds is 4. The zero-order chi connectivity index (χ0) is 16.2. The minimum absolute atomic E-state index is 0.0382. The summed E-state index contributed by atoms with van der Waals surface area (Å²) in [5.74, 6) is 0.0382. The summed E-state index contributed by atoms with van der Waals surface area (Å²) in [5, 5.41) is 12.4. The van der Waals surface area contributed by atoms with Gasteiger partial charge in [-0.3, -0.25) is 4.90 Å². The van der Waals surface area contributed by atoms with E-state index in [-0.39, 0.29) is 18.6 Å². The third kappa shape index (κ3) is 5.00. The lowest BCUT2D eigenvalue weighted by Crippen LogP contribution is -2.44. The van der Waals surface area contributed by atoms with E-state index in [1.165, 1.54) is 5.56 Å². The first-order valence-electron chi connectivity index (χ1n) is 7.74. The summed E-state index contributed by atoms with van der Waals surface area (Å²) in [6.07, 6.45) is -0.419. The van der Waals surface area contributed by atoms with Gasteiger partial charge >= 0.3 is 6.09 Å². The van der Waals surface area contributed by atoms with E-state index in [4.69, 9.17) is 4.74 Å². The van der Waals surface area contributed by atoms with Crippen LogP contribution in [-0.2, 0) is 11.3 Å². The first kappa shape index (κ1) is 16.8. The fourth-order valence-corrected chi connectivity index (χ4v) is 2.74. The Labute approximate surface area is 132 Å². The normalized spacial score (nSPS) is 22.5. The maximum atomic E-state index is 11.9. The largest absolute Gasteiger partial charge is 0.444 e. The first-order valence-corrected chi connectivity index (χ1v) is 7.74. The highest BCUT2D eigenvalue weighted by Crippen LogP contribution is 2.19. The van der Waals surface area contributed by atoms with E-state index in [9.17, 15) is 9.90 Å². The van der Waals surface area contributed by atoms with Crippen molar-refractivity contribution < 1.29 is 14.6 Å². The summed E-state index contributed by atoms with van der Waals surface area (Å²) in [7, 11) is 0. The molecule has 1 amide bonds. The van der Waals surface area contributed by atoms with Crippen LogP contribution in [0.1, 0.15) is 26.3 Å². The van der Waals surface area contributed by atoms with Gasteiger partial charge in [0.25, 0.3) is 0 Å². The van der Waals surface area contributed by atoms with Gasteiger partial charge in [-0.05, 0) is 26.3 Å². The molecule has 0 aromatic heterocycles. The molecule has 1 aliphatic heterocycles. The van der Waals surface area contributed by atoms with Crippen LogP contribution in [0.4, 0.5) is 4.79 Å². The van der Waals surface area contributed by atoms with Crippen molar-refractivity contribution in [3.8, 4) is 0 Å². The number of alkyl carbamates (subject to hydrolysis) is 1. The van der Waals surface area contributed by atoms with Gasteiger partial charge in [-0.2, -0.15) is 0 Å². The molecule has 1 fully saturated rings. The van der Waals surface area contributed by atoms with Crippen molar-refractivity contribution in [3.63, 3.8) is 0 Å². The smallest absolute Gasteiger partial charge is 0.407 e. The quantitative estimate of drug-likeness (QED) is 0.893. The van der Waals surface area contributed by atoms with Crippen LogP contribution >= 0.6 is 0 Å². The number of aliphatic hydroxyl groups is 1. The molecule has 2 atom stereocenters. The van der Waals surface area contributed by atoms with E-state index in [0.717, 1.165) is 19.6 Å². The van der Waals surface area contributed by atoms with Gasteiger partial charge in [0.05, 0.1) is 6.04 Å². The molecule has 122 valence electrons. The molecule has 1 heterocycles. The van der Waals surface area contributed by atoms with Crippen LogP contribution in [0.2, 0.25) is 0 Å². The maximum Gasteiger partial charge on any atom is 0.407 e. The van der Waals surface area contributed by atoms with E-state index in [0.29, 0.717) is 0 Å². The Kier molecular flexibility index (Phi) is 5.42. The number of amides is 1. The van der Waals surface area contributed by atoms with Crippen molar-refractivity contribution in [2.24, 2.45) is 5.92 Å². The van der Waals surface area contributed by atoms with Crippen LogP contribution in [-0.4, -0.2) is 47.4 Å². The van der Waals surface area contributed by atoms with Crippen LogP contribution in [0.25, 0.3) is 0 Å². The first-order chi connectivity index (χ1) is 10.4. The lowest BCUT2D eigenvalue weighted by molar-refractivity contribution is 0.0487. The molecule has 0 saturated carbocycles. The molecule has 0 aliphatic carbocycles. The number of benzene rings is 1. The van der Waals surface area contributed by atoms with Gasteiger partial charge in [0.15, 0.2) is 0 Å².